The van der Waals surface area contributed by atoms with Crippen LogP contribution in [0.1, 0.15) is 68.7 Å². The molecule has 19 heavy (non-hydrogen) atoms. The van der Waals surface area contributed by atoms with Gasteiger partial charge in [0.05, 0.1) is 17.6 Å². The van der Waals surface area contributed by atoms with Gasteiger partial charge in [0, 0.05) is 0 Å². The fourth-order valence-electron chi connectivity index (χ4n) is 1.42. The number of esters is 1. The third-order valence-corrected chi connectivity index (χ3v) is 1.72. The zero-order valence-corrected chi connectivity index (χ0v) is 13.9. The van der Waals surface area contributed by atoms with Crippen molar-refractivity contribution in [2.75, 3.05) is 0 Å². The van der Waals surface area contributed by atoms with E-state index in [1.54, 1.807) is 0 Å². The van der Waals surface area contributed by atoms with Crippen LogP contribution in [0.5, 0.6) is 0 Å². The molecule has 0 aromatic carbocycles. The molecule has 0 amide bonds. The summed E-state index contributed by atoms with van der Waals surface area (Å²) in [6, 6.07) is 0. The monoisotopic (exact) mass is 274 g/mol. The van der Waals surface area contributed by atoms with E-state index in [4.69, 9.17) is 14.2 Å². The van der Waals surface area contributed by atoms with Crippen LogP contribution >= 0.6 is 0 Å². The summed E-state index contributed by atoms with van der Waals surface area (Å²) in [5.41, 5.74) is -1.25. The summed E-state index contributed by atoms with van der Waals surface area (Å²) >= 11 is 0. The molecule has 0 saturated carbocycles. The van der Waals surface area contributed by atoms with Crippen LogP contribution in [0, 0.1) is 0 Å². The van der Waals surface area contributed by atoms with Gasteiger partial charge in [-0.1, -0.05) is 0 Å². The molecule has 0 aliphatic heterocycles. The first-order chi connectivity index (χ1) is 8.18. The second kappa shape index (κ2) is 6.23. The van der Waals surface area contributed by atoms with Gasteiger partial charge in [0.15, 0.2) is 6.29 Å². The van der Waals surface area contributed by atoms with Crippen LogP contribution in [0.4, 0.5) is 0 Å². The summed E-state index contributed by atoms with van der Waals surface area (Å²) in [6.07, 6.45) is -0.513. The van der Waals surface area contributed by atoms with Gasteiger partial charge >= 0.3 is 5.97 Å². The molecule has 0 N–H and O–H groups in total. The molecule has 0 bridgehead atoms. The number of rotatable bonds is 4. The number of carbonyl (C=O) groups is 1. The Morgan fingerprint density at radius 1 is 0.789 bits per heavy atom. The van der Waals surface area contributed by atoms with E-state index in [-0.39, 0.29) is 23.6 Å². The Morgan fingerprint density at radius 2 is 1.16 bits per heavy atom. The molecule has 4 nitrogen and oxygen atoms in total. The van der Waals surface area contributed by atoms with Crippen LogP contribution in [0.3, 0.4) is 0 Å². The van der Waals surface area contributed by atoms with Gasteiger partial charge in [0.1, 0.15) is 5.60 Å². The summed E-state index contributed by atoms with van der Waals surface area (Å²) in [6.45, 7) is 17.1. The number of hydrogen-bond donors (Lipinski definition) is 0. The molecule has 0 fully saturated rings. The predicted octanol–water partition coefficient (Wildman–Crippen LogP) is 3.67. The van der Waals surface area contributed by atoms with E-state index in [1.165, 1.54) is 0 Å². The Bertz CT molecular complexity index is 273. The lowest BCUT2D eigenvalue weighted by Gasteiger charge is -2.32. The third kappa shape index (κ3) is 12.2. The zero-order valence-electron chi connectivity index (χ0n) is 13.9. The average Bonchev–Trinajstić information content (AvgIpc) is 1.90. The SMILES string of the molecule is CC(C)(C)OC(=O)CC(OC(C)(C)C)OC(C)(C)C. The molecule has 0 aliphatic carbocycles. The highest BCUT2D eigenvalue weighted by atomic mass is 16.7. The maximum absolute atomic E-state index is 11.9. The second-order valence-electron chi connectivity index (χ2n) is 7.68. The van der Waals surface area contributed by atoms with Crippen molar-refractivity contribution in [3.05, 3.63) is 0 Å². The first kappa shape index (κ1) is 18.4. The second-order valence-corrected chi connectivity index (χ2v) is 7.68. The van der Waals surface area contributed by atoms with Crippen LogP contribution in [0.25, 0.3) is 0 Å². The quantitative estimate of drug-likeness (QED) is 0.579. The zero-order chi connectivity index (χ0) is 15.5. The number of hydrogen-bond acceptors (Lipinski definition) is 4. The highest BCUT2D eigenvalue weighted by Crippen LogP contribution is 2.21. The van der Waals surface area contributed by atoms with Gasteiger partial charge in [-0.05, 0) is 62.3 Å². The molecule has 0 saturated heterocycles. The Balaban J connectivity index is 4.63. The molecule has 4 heteroatoms. The lowest BCUT2D eigenvalue weighted by atomic mass is 10.1. The molecule has 0 radical (unpaired) electrons. The Hall–Kier alpha value is -0.610. The normalized spacial score (nSPS) is 13.8. The van der Waals surface area contributed by atoms with Gasteiger partial charge in [-0.25, -0.2) is 0 Å². The largest absolute Gasteiger partial charge is 0.460 e. The molecule has 0 unspecified atom stereocenters. The predicted molar refractivity (Wildman–Crippen MR) is 75.9 cm³/mol. The Labute approximate surface area is 117 Å². The fraction of sp³-hybridized carbons (Fsp3) is 0.933. The van der Waals surface area contributed by atoms with Gasteiger partial charge in [0.2, 0.25) is 0 Å². The van der Waals surface area contributed by atoms with Crippen molar-refractivity contribution < 1.29 is 19.0 Å². The van der Waals surface area contributed by atoms with Crippen LogP contribution in [-0.4, -0.2) is 29.1 Å². The molecule has 0 rings (SSSR count). The summed E-state index contributed by atoms with van der Waals surface area (Å²) in [5, 5.41) is 0. The van der Waals surface area contributed by atoms with Crippen LogP contribution in [0.15, 0.2) is 0 Å². The summed E-state index contributed by atoms with van der Waals surface area (Å²) in [4.78, 5) is 11.9. The number of carbonyl (C=O) groups excluding carboxylic acids is 1. The molecule has 0 heterocycles. The fourth-order valence-corrected chi connectivity index (χ4v) is 1.42. The molecule has 0 aromatic heterocycles. The first-order valence-corrected chi connectivity index (χ1v) is 6.75. The minimum atomic E-state index is -0.602. The topological polar surface area (TPSA) is 44.8 Å². The Morgan fingerprint density at radius 3 is 1.42 bits per heavy atom. The van der Waals surface area contributed by atoms with Gasteiger partial charge in [-0.15, -0.1) is 0 Å². The standard InChI is InChI=1S/C15H30O4/c1-13(2,3)17-11(16)10-12(18-14(4,5)6)19-15(7,8)9/h12H,10H2,1-9H3. The lowest BCUT2D eigenvalue weighted by molar-refractivity contribution is -0.238. The highest BCUT2D eigenvalue weighted by Gasteiger charge is 2.28. The van der Waals surface area contributed by atoms with Crippen molar-refractivity contribution >= 4 is 5.97 Å². The van der Waals surface area contributed by atoms with Crippen molar-refractivity contribution in [2.45, 2.75) is 91.8 Å². The molecular formula is C15H30O4. The van der Waals surface area contributed by atoms with E-state index in [2.05, 4.69) is 0 Å². The van der Waals surface area contributed by atoms with Crippen LogP contribution < -0.4 is 0 Å². The smallest absolute Gasteiger partial charge is 0.311 e. The van der Waals surface area contributed by atoms with Gasteiger partial charge in [-0.2, -0.15) is 0 Å². The molecule has 0 atom stereocenters. The van der Waals surface area contributed by atoms with Crippen LogP contribution in [0.2, 0.25) is 0 Å². The summed E-state index contributed by atoms with van der Waals surface area (Å²) in [7, 11) is 0. The van der Waals surface area contributed by atoms with Crippen molar-refractivity contribution in [3.63, 3.8) is 0 Å². The maximum atomic E-state index is 11.9. The molecular weight excluding hydrogens is 244 g/mol. The average molecular weight is 274 g/mol. The van der Waals surface area contributed by atoms with Crippen molar-refractivity contribution in [1.82, 2.24) is 0 Å². The molecule has 0 aromatic rings. The highest BCUT2D eigenvalue weighted by molar-refractivity contribution is 5.70. The minimum absolute atomic E-state index is 0.0891. The summed E-state index contributed by atoms with van der Waals surface area (Å²) in [5.74, 6) is -0.314. The minimum Gasteiger partial charge on any atom is -0.460 e. The van der Waals surface area contributed by atoms with Crippen molar-refractivity contribution in [1.29, 1.82) is 0 Å². The van der Waals surface area contributed by atoms with Crippen molar-refractivity contribution in [2.24, 2.45) is 0 Å². The maximum Gasteiger partial charge on any atom is 0.311 e. The van der Waals surface area contributed by atoms with E-state index < -0.39 is 11.9 Å². The molecule has 0 spiro atoms. The third-order valence-electron chi connectivity index (χ3n) is 1.72. The Kier molecular flexibility index (Phi) is 6.03. The van der Waals surface area contributed by atoms with E-state index in [9.17, 15) is 4.79 Å². The molecule has 0 aliphatic rings. The lowest BCUT2D eigenvalue weighted by Crippen LogP contribution is -2.38. The van der Waals surface area contributed by atoms with E-state index in [1.807, 2.05) is 62.3 Å². The first-order valence-electron chi connectivity index (χ1n) is 6.75. The summed E-state index contributed by atoms with van der Waals surface area (Å²) < 4.78 is 16.9. The van der Waals surface area contributed by atoms with E-state index in [0.717, 1.165) is 0 Å². The van der Waals surface area contributed by atoms with Gasteiger partial charge in [-0.3, -0.25) is 4.79 Å². The number of ether oxygens (including phenoxy) is 3. The molecule has 114 valence electrons. The van der Waals surface area contributed by atoms with E-state index >= 15 is 0 Å². The van der Waals surface area contributed by atoms with E-state index in [0.29, 0.717) is 0 Å². The van der Waals surface area contributed by atoms with Crippen LogP contribution in [-0.2, 0) is 19.0 Å². The van der Waals surface area contributed by atoms with Gasteiger partial charge < -0.3 is 14.2 Å². The van der Waals surface area contributed by atoms with Gasteiger partial charge in [0.25, 0.3) is 0 Å². The van der Waals surface area contributed by atoms with Crippen molar-refractivity contribution in [3.8, 4) is 0 Å².